The van der Waals surface area contributed by atoms with Crippen molar-refractivity contribution in [2.75, 3.05) is 12.3 Å². The summed E-state index contributed by atoms with van der Waals surface area (Å²) in [6.45, 7) is 3.09. The van der Waals surface area contributed by atoms with Crippen LogP contribution in [0.15, 0.2) is 16.7 Å². The summed E-state index contributed by atoms with van der Waals surface area (Å²) >= 11 is 3.42. The van der Waals surface area contributed by atoms with Gasteiger partial charge in [-0.25, -0.2) is 4.98 Å². The molecule has 1 aromatic rings. The van der Waals surface area contributed by atoms with Gasteiger partial charge < -0.3 is 10.5 Å². The fourth-order valence-corrected chi connectivity index (χ4v) is 2.94. The largest absolute Gasteiger partial charge is 0.477 e. The van der Waals surface area contributed by atoms with Crippen LogP contribution in [0.4, 0.5) is 5.69 Å². The Morgan fingerprint density at radius 3 is 3.06 bits per heavy atom. The Bertz CT molecular complexity index is 384. The standard InChI is InChI=1S/C13H19BrN2O/c1-9-3-2-4-10(5-9)8-17-13-12(14)6-11(15)7-16-13/h6-7,9-10H,2-5,8,15H2,1H3. The minimum absolute atomic E-state index is 0.649. The molecule has 0 aromatic carbocycles. The van der Waals surface area contributed by atoms with E-state index >= 15 is 0 Å². The van der Waals surface area contributed by atoms with E-state index in [1.54, 1.807) is 6.20 Å². The highest BCUT2D eigenvalue weighted by Gasteiger charge is 2.19. The third-order valence-electron chi connectivity index (χ3n) is 3.33. The van der Waals surface area contributed by atoms with Gasteiger partial charge in [-0.1, -0.05) is 19.8 Å². The molecule has 2 atom stereocenters. The van der Waals surface area contributed by atoms with E-state index < -0.39 is 0 Å². The molecule has 0 radical (unpaired) electrons. The maximum Gasteiger partial charge on any atom is 0.228 e. The van der Waals surface area contributed by atoms with Gasteiger partial charge in [0, 0.05) is 0 Å². The number of hydrogen-bond donors (Lipinski definition) is 1. The van der Waals surface area contributed by atoms with Crippen LogP contribution in [-0.4, -0.2) is 11.6 Å². The van der Waals surface area contributed by atoms with Gasteiger partial charge in [0.1, 0.15) is 0 Å². The number of nitrogens with two attached hydrogens (primary N) is 1. The fourth-order valence-electron chi connectivity index (χ4n) is 2.45. The Kier molecular flexibility index (Phi) is 4.26. The van der Waals surface area contributed by atoms with E-state index in [4.69, 9.17) is 10.5 Å². The third-order valence-corrected chi connectivity index (χ3v) is 3.90. The first-order valence-electron chi connectivity index (χ1n) is 6.19. The molecule has 1 fully saturated rings. The molecule has 1 aliphatic rings. The first-order chi connectivity index (χ1) is 8.15. The van der Waals surface area contributed by atoms with Crippen LogP contribution in [0.25, 0.3) is 0 Å². The van der Waals surface area contributed by atoms with Gasteiger partial charge in [0.2, 0.25) is 5.88 Å². The summed E-state index contributed by atoms with van der Waals surface area (Å²) in [5, 5.41) is 0. The van der Waals surface area contributed by atoms with Gasteiger partial charge in [-0.2, -0.15) is 0 Å². The van der Waals surface area contributed by atoms with Crippen LogP contribution in [0.3, 0.4) is 0 Å². The van der Waals surface area contributed by atoms with Crippen LogP contribution in [0.5, 0.6) is 5.88 Å². The van der Waals surface area contributed by atoms with Crippen molar-refractivity contribution in [2.45, 2.75) is 32.6 Å². The SMILES string of the molecule is CC1CCCC(COc2ncc(N)cc2Br)C1. The van der Waals surface area contributed by atoms with Crippen molar-refractivity contribution in [3.63, 3.8) is 0 Å². The van der Waals surface area contributed by atoms with E-state index in [1.807, 2.05) is 6.07 Å². The lowest BCUT2D eigenvalue weighted by molar-refractivity contribution is 0.177. The molecule has 1 aromatic heterocycles. The second-order valence-corrected chi connectivity index (χ2v) is 5.86. The number of nitrogens with zero attached hydrogens (tertiary/aromatic N) is 1. The molecular formula is C13H19BrN2O. The van der Waals surface area contributed by atoms with Gasteiger partial charge >= 0.3 is 0 Å². The Morgan fingerprint density at radius 1 is 1.53 bits per heavy atom. The highest BCUT2D eigenvalue weighted by Crippen LogP contribution is 2.30. The molecule has 0 bridgehead atoms. The number of aromatic nitrogens is 1. The second-order valence-electron chi connectivity index (χ2n) is 5.00. The van der Waals surface area contributed by atoms with Crippen molar-refractivity contribution >= 4 is 21.6 Å². The molecule has 0 spiro atoms. The van der Waals surface area contributed by atoms with E-state index in [9.17, 15) is 0 Å². The van der Waals surface area contributed by atoms with Crippen LogP contribution >= 0.6 is 15.9 Å². The number of rotatable bonds is 3. The van der Waals surface area contributed by atoms with E-state index in [0.717, 1.165) is 17.0 Å². The summed E-state index contributed by atoms with van der Waals surface area (Å²) in [6.07, 6.45) is 6.86. The molecule has 0 saturated heterocycles. The van der Waals surface area contributed by atoms with E-state index in [1.165, 1.54) is 25.7 Å². The summed E-state index contributed by atoms with van der Waals surface area (Å²) in [7, 11) is 0. The van der Waals surface area contributed by atoms with Crippen molar-refractivity contribution in [1.29, 1.82) is 0 Å². The number of nitrogen functional groups attached to an aromatic ring is 1. The van der Waals surface area contributed by atoms with Gasteiger partial charge in [-0.05, 0) is 46.7 Å². The van der Waals surface area contributed by atoms with Crippen molar-refractivity contribution in [2.24, 2.45) is 11.8 Å². The van der Waals surface area contributed by atoms with Crippen molar-refractivity contribution < 1.29 is 4.74 Å². The van der Waals surface area contributed by atoms with E-state index in [2.05, 4.69) is 27.8 Å². The van der Waals surface area contributed by atoms with Gasteiger partial charge in [0.15, 0.2) is 0 Å². The third kappa shape index (κ3) is 3.60. The van der Waals surface area contributed by atoms with Crippen LogP contribution in [0.1, 0.15) is 32.6 Å². The van der Waals surface area contributed by atoms with Crippen molar-refractivity contribution in [3.05, 3.63) is 16.7 Å². The lowest BCUT2D eigenvalue weighted by atomic mass is 9.83. The molecule has 4 heteroatoms. The highest BCUT2D eigenvalue weighted by molar-refractivity contribution is 9.10. The average Bonchev–Trinajstić information content (AvgIpc) is 2.28. The number of hydrogen-bond acceptors (Lipinski definition) is 3. The summed E-state index contributed by atoms with van der Waals surface area (Å²) in [5.41, 5.74) is 6.29. The predicted molar refractivity (Wildman–Crippen MR) is 73.0 cm³/mol. The molecule has 0 aliphatic heterocycles. The summed E-state index contributed by atoms with van der Waals surface area (Å²) in [6, 6.07) is 1.83. The summed E-state index contributed by atoms with van der Waals surface area (Å²) in [4.78, 5) is 4.19. The van der Waals surface area contributed by atoms with E-state index in [-0.39, 0.29) is 0 Å². The molecule has 94 valence electrons. The minimum atomic E-state index is 0.649. The number of anilines is 1. The number of pyridine rings is 1. The molecule has 3 nitrogen and oxygen atoms in total. The zero-order valence-corrected chi connectivity index (χ0v) is 11.7. The van der Waals surface area contributed by atoms with Crippen molar-refractivity contribution in [1.82, 2.24) is 4.98 Å². The zero-order chi connectivity index (χ0) is 12.3. The van der Waals surface area contributed by atoms with Crippen molar-refractivity contribution in [3.8, 4) is 5.88 Å². The zero-order valence-electron chi connectivity index (χ0n) is 10.2. The number of ether oxygens (including phenoxy) is 1. The molecule has 2 rings (SSSR count). The maximum absolute atomic E-state index is 5.77. The molecule has 1 aliphatic carbocycles. The normalized spacial score (nSPS) is 24.6. The Labute approximate surface area is 111 Å². The van der Waals surface area contributed by atoms with Gasteiger partial charge in [0.05, 0.1) is 23.0 Å². The Morgan fingerprint density at radius 2 is 2.35 bits per heavy atom. The molecule has 1 saturated carbocycles. The Balaban J connectivity index is 1.88. The average molecular weight is 299 g/mol. The van der Waals surface area contributed by atoms with Crippen LogP contribution in [0.2, 0.25) is 0 Å². The first-order valence-corrected chi connectivity index (χ1v) is 6.98. The summed E-state index contributed by atoms with van der Waals surface area (Å²) in [5.74, 6) is 2.16. The molecule has 17 heavy (non-hydrogen) atoms. The van der Waals surface area contributed by atoms with Crippen LogP contribution < -0.4 is 10.5 Å². The Hall–Kier alpha value is -0.770. The highest BCUT2D eigenvalue weighted by atomic mass is 79.9. The van der Waals surface area contributed by atoms with E-state index in [0.29, 0.717) is 17.5 Å². The summed E-state index contributed by atoms with van der Waals surface area (Å²) < 4.78 is 6.60. The molecule has 0 amide bonds. The molecular weight excluding hydrogens is 280 g/mol. The topological polar surface area (TPSA) is 48.1 Å². The maximum atomic E-state index is 5.77. The minimum Gasteiger partial charge on any atom is -0.477 e. The van der Waals surface area contributed by atoms with Gasteiger partial charge in [-0.15, -0.1) is 0 Å². The first kappa shape index (κ1) is 12.7. The van der Waals surface area contributed by atoms with Crippen LogP contribution in [0, 0.1) is 11.8 Å². The predicted octanol–water partition coefficient (Wildman–Crippen LogP) is 3.63. The lowest BCUT2D eigenvalue weighted by Gasteiger charge is -2.26. The van der Waals surface area contributed by atoms with Crippen LogP contribution in [-0.2, 0) is 0 Å². The van der Waals surface area contributed by atoms with Gasteiger partial charge in [0.25, 0.3) is 0 Å². The van der Waals surface area contributed by atoms with Gasteiger partial charge in [-0.3, -0.25) is 0 Å². The monoisotopic (exact) mass is 298 g/mol. The number of halogens is 1. The fraction of sp³-hybridized carbons (Fsp3) is 0.615. The second kappa shape index (κ2) is 5.71. The molecule has 1 heterocycles. The lowest BCUT2D eigenvalue weighted by Crippen LogP contribution is -2.20. The quantitative estimate of drug-likeness (QED) is 0.927. The molecule has 2 unspecified atom stereocenters. The molecule has 2 N–H and O–H groups in total. The smallest absolute Gasteiger partial charge is 0.228 e.